The molecule has 6 nitrogen and oxygen atoms in total. The fourth-order valence-corrected chi connectivity index (χ4v) is 2.75. The second kappa shape index (κ2) is 7.00. The standard InChI is InChI=1S/C17H23N3O3/c1-23-15-4-2-3-13(9-15)10-20-8-7-19(12-17(20)22)11-16(21)18-14-5-6-14/h2-4,9,14H,5-8,10-12H2,1H3,(H,18,21). The summed E-state index contributed by atoms with van der Waals surface area (Å²) in [4.78, 5) is 27.9. The maximum absolute atomic E-state index is 12.3. The van der Waals surface area contributed by atoms with E-state index >= 15 is 0 Å². The third kappa shape index (κ3) is 4.45. The van der Waals surface area contributed by atoms with Gasteiger partial charge in [0.05, 0.1) is 20.2 Å². The summed E-state index contributed by atoms with van der Waals surface area (Å²) < 4.78 is 5.21. The molecule has 2 fully saturated rings. The highest BCUT2D eigenvalue weighted by Gasteiger charge is 2.27. The average molecular weight is 317 g/mol. The molecule has 0 bridgehead atoms. The van der Waals surface area contributed by atoms with Crippen LogP contribution in [0.3, 0.4) is 0 Å². The van der Waals surface area contributed by atoms with E-state index in [2.05, 4.69) is 5.32 Å². The SMILES string of the molecule is COc1cccc(CN2CCN(CC(=O)NC3CC3)CC2=O)c1. The molecule has 1 aliphatic carbocycles. The van der Waals surface area contributed by atoms with Crippen molar-refractivity contribution in [2.45, 2.75) is 25.4 Å². The Morgan fingerprint density at radius 1 is 1.35 bits per heavy atom. The smallest absolute Gasteiger partial charge is 0.237 e. The molecule has 2 aliphatic rings. The number of nitrogens with zero attached hydrogens (tertiary/aromatic N) is 2. The minimum atomic E-state index is 0.0292. The zero-order valence-electron chi connectivity index (χ0n) is 13.5. The number of hydrogen-bond donors (Lipinski definition) is 1. The number of carbonyl (C=O) groups is 2. The Bertz CT molecular complexity index is 586. The number of rotatable bonds is 6. The fourth-order valence-electron chi connectivity index (χ4n) is 2.75. The number of methoxy groups -OCH3 is 1. The van der Waals surface area contributed by atoms with Crippen LogP contribution in [0, 0.1) is 0 Å². The van der Waals surface area contributed by atoms with Gasteiger partial charge in [-0.25, -0.2) is 0 Å². The number of hydrogen-bond acceptors (Lipinski definition) is 4. The first-order valence-corrected chi connectivity index (χ1v) is 8.06. The van der Waals surface area contributed by atoms with Crippen molar-refractivity contribution >= 4 is 11.8 Å². The van der Waals surface area contributed by atoms with Crippen molar-refractivity contribution in [3.8, 4) is 5.75 Å². The predicted molar refractivity (Wildman–Crippen MR) is 86.0 cm³/mol. The molecule has 0 radical (unpaired) electrons. The van der Waals surface area contributed by atoms with Gasteiger partial charge in [0.2, 0.25) is 11.8 Å². The summed E-state index contributed by atoms with van der Waals surface area (Å²) in [6, 6.07) is 8.12. The molecule has 1 aromatic carbocycles. The van der Waals surface area contributed by atoms with Crippen LogP contribution in [0.1, 0.15) is 18.4 Å². The molecule has 1 aliphatic heterocycles. The van der Waals surface area contributed by atoms with E-state index < -0.39 is 0 Å². The molecule has 1 N–H and O–H groups in total. The molecule has 2 amide bonds. The molecule has 6 heteroatoms. The highest BCUT2D eigenvalue weighted by molar-refractivity contribution is 5.82. The van der Waals surface area contributed by atoms with Gasteiger partial charge in [-0.1, -0.05) is 12.1 Å². The van der Waals surface area contributed by atoms with Crippen molar-refractivity contribution in [3.63, 3.8) is 0 Å². The van der Waals surface area contributed by atoms with E-state index in [1.165, 1.54) is 0 Å². The van der Waals surface area contributed by atoms with Crippen molar-refractivity contribution in [3.05, 3.63) is 29.8 Å². The van der Waals surface area contributed by atoms with Crippen LogP contribution in [0.25, 0.3) is 0 Å². The van der Waals surface area contributed by atoms with Crippen molar-refractivity contribution in [1.82, 2.24) is 15.1 Å². The van der Waals surface area contributed by atoms with Gasteiger partial charge in [0.25, 0.3) is 0 Å². The molecule has 0 spiro atoms. The van der Waals surface area contributed by atoms with Crippen LogP contribution in [0.2, 0.25) is 0 Å². The number of benzene rings is 1. The van der Waals surface area contributed by atoms with Gasteiger partial charge in [-0.3, -0.25) is 14.5 Å². The van der Waals surface area contributed by atoms with Crippen LogP contribution in [-0.2, 0) is 16.1 Å². The Balaban J connectivity index is 1.49. The maximum atomic E-state index is 12.3. The number of piperazine rings is 1. The van der Waals surface area contributed by atoms with Gasteiger partial charge in [0, 0.05) is 25.7 Å². The molecule has 1 aromatic rings. The lowest BCUT2D eigenvalue weighted by molar-refractivity contribution is -0.137. The van der Waals surface area contributed by atoms with E-state index in [1.807, 2.05) is 34.1 Å². The number of carbonyl (C=O) groups excluding carboxylic acids is 2. The van der Waals surface area contributed by atoms with Crippen LogP contribution in [0.5, 0.6) is 5.75 Å². The molecule has 23 heavy (non-hydrogen) atoms. The lowest BCUT2D eigenvalue weighted by atomic mass is 10.2. The Morgan fingerprint density at radius 3 is 2.87 bits per heavy atom. The number of nitrogens with one attached hydrogen (secondary N) is 1. The summed E-state index contributed by atoms with van der Waals surface area (Å²) in [5.74, 6) is 0.894. The van der Waals surface area contributed by atoms with E-state index in [4.69, 9.17) is 4.74 Å². The first kappa shape index (κ1) is 15.8. The Kier molecular flexibility index (Phi) is 4.81. The van der Waals surface area contributed by atoms with Crippen molar-refractivity contribution in [2.24, 2.45) is 0 Å². The minimum Gasteiger partial charge on any atom is -0.497 e. The lowest BCUT2D eigenvalue weighted by Gasteiger charge is -2.34. The Hall–Kier alpha value is -2.08. The highest BCUT2D eigenvalue weighted by Crippen LogP contribution is 2.19. The van der Waals surface area contributed by atoms with Gasteiger partial charge in [-0.2, -0.15) is 0 Å². The van der Waals surface area contributed by atoms with Gasteiger partial charge in [-0.15, -0.1) is 0 Å². The quantitative estimate of drug-likeness (QED) is 0.835. The number of ether oxygens (including phenoxy) is 1. The van der Waals surface area contributed by atoms with Gasteiger partial charge in [-0.05, 0) is 30.5 Å². The first-order chi connectivity index (χ1) is 11.1. The summed E-state index contributed by atoms with van der Waals surface area (Å²) in [6.45, 7) is 2.58. The van der Waals surface area contributed by atoms with Crippen LogP contribution < -0.4 is 10.1 Å². The van der Waals surface area contributed by atoms with E-state index in [9.17, 15) is 9.59 Å². The van der Waals surface area contributed by atoms with Gasteiger partial charge in [0.15, 0.2) is 0 Å². The molecule has 3 rings (SSSR count). The summed E-state index contributed by atoms with van der Waals surface area (Å²) in [6.07, 6.45) is 2.16. The molecule has 0 atom stereocenters. The minimum absolute atomic E-state index is 0.0292. The molecule has 1 heterocycles. The number of amides is 2. The van der Waals surface area contributed by atoms with E-state index in [1.54, 1.807) is 7.11 Å². The average Bonchev–Trinajstić information content (AvgIpc) is 3.34. The Morgan fingerprint density at radius 2 is 2.17 bits per heavy atom. The first-order valence-electron chi connectivity index (χ1n) is 8.06. The van der Waals surface area contributed by atoms with Gasteiger partial charge >= 0.3 is 0 Å². The van der Waals surface area contributed by atoms with Crippen LogP contribution in [0.4, 0.5) is 0 Å². The lowest BCUT2D eigenvalue weighted by Crippen LogP contribution is -2.52. The zero-order valence-corrected chi connectivity index (χ0v) is 13.5. The molecule has 1 saturated heterocycles. The second-order valence-electron chi connectivity index (χ2n) is 6.22. The molecular formula is C17H23N3O3. The monoisotopic (exact) mass is 317 g/mol. The zero-order chi connectivity index (χ0) is 16.2. The summed E-state index contributed by atoms with van der Waals surface area (Å²) in [5.41, 5.74) is 1.05. The van der Waals surface area contributed by atoms with Gasteiger partial charge < -0.3 is 15.0 Å². The van der Waals surface area contributed by atoms with Crippen molar-refractivity contribution in [2.75, 3.05) is 33.3 Å². The third-order valence-corrected chi connectivity index (χ3v) is 4.21. The maximum Gasteiger partial charge on any atom is 0.237 e. The van der Waals surface area contributed by atoms with E-state index in [0.717, 1.165) is 30.7 Å². The molecular weight excluding hydrogens is 294 g/mol. The Labute approximate surface area is 136 Å². The third-order valence-electron chi connectivity index (χ3n) is 4.21. The highest BCUT2D eigenvalue weighted by atomic mass is 16.5. The van der Waals surface area contributed by atoms with E-state index in [-0.39, 0.29) is 11.8 Å². The summed E-state index contributed by atoms with van der Waals surface area (Å²) in [5, 5.41) is 2.96. The second-order valence-corrected chi connectivity index (χ2v) is 6.22. The van der Waals surface area contributed by atoms with Crippen molar-refractivity contribution < 1.29 is 14.3 Å². The van der Waals surface area contributed by atoms with Crippen LogP contribution >= 0.6 is 0 Å². The fraction of sp³-hybridized carbons (Fsp3) is 0.529. The van der Waals surface area contributed by atoms with Crippen LogP contribution in [-0.4, -0.2) is 60.9 Å². The normalized spacial score (nSPS) is 18.8. The van der Waals surface area contributed by atoms with Crippen molar-refractivity contribution in [1.29, 1.82) is 0 Å². The van der Waals surface area contributed by atoms with Crippen LogP contribution in [0.15, 0.2) is 24.3 Å². The van der Waals surface area contributed by atoms with E-state index in [0.29, 0.717) is 32.2 Å². The molecule has 1 saturated carbocycles. The summed E-state index contributed by atoms with van der Waals surface area (Å²) >= 11 is 0. The van der Waals surface area contributed by atoms with Gasteiger partial charge in [0.1, 0.15) is 5.75 Å². The largest absolute Gasteiger partial charge is 0.497 e. The topological polar surface area (TPSA) is 61.9 Å². The predicted octanol–water partition coefficient (Wildman–Crippen LogP) is 0.618. The molecule has 0 aromatic heterocycles. The molecule has 0 unspecified atom stereocenters. The summed E-state index contributed by atoms with van der Waals surface area (Å²) in [7, 11) is 1.63. The molecule has 124 valence electrons.